The van der Waals surface area contributed by atoms with Gasteiger partial charge in [-0.3, -0.25) is 4.57 Å². The van der Waals surface area contributed by atoms with Crippen LogP contribution < -0.4 is 5.69 Å². The first-order chi connectivity index (χ1) is 11.6. The van der Waals surface area contributed by atoms with Crippen LogP contribution in [0.5, 0.6) is 11.5 Å². The van der Waals surface area contributed by atoms with Gasteiger partial charge >= 0.3 is 5.69 Å². The van der Waals surface area contributed by atoms with Gasteiger partial charge in [-0.2, -0.15) is 0 Å². The number of para-hydroxylation sites is 2. The molecule has 1 heterocycles. The molecule has 0 aliphatic carbocycles. The second-order valence-corrected chi connectivity index (χ2v) is 5.51. The number of hydrogen-bond donors (Lipinski definition) is 3. The highest BCUT2D eigenvalue weighted by atomic mass is 16.3. The second-order valence-electron chi connectivity index (χ2n) is 5.51. The smallest absolute Gasteiger partial charge is 0.331 e. The first kappa shape index (κ1) is 14.1. The molecule has 0 bridgehead atoms. The molecule has 0 saturated carbocycles. The normalized spacial score (nSPS) is 11.0. The van der Waals surface area contributed by atoms with E-state index in [1.165, 1.54) is 10.6 Å². The second kappa shape index (κ2) is 5.31. The molecule has 0 fully saturated rings. The van der Waals surface area contributed by atoms with Crippen molar-refractivity contribution in [1.82, 2.24) is 9.55 Å². The van der Waals surface area contributed by atoms with E-state index in [1.807, 2.05) is 42.5 Å². The van der Waals surface area contributed by atoms with Crippen molar-refractivity contribution in [1.29, 1.82) is 0 Å². The van der Waals surface area contributed by atoms with E-state index in [-0.39, 0.29) is 17.2 Å². The molecule has 0 radical (unpaired) electrons. The first-order valence-electron chi connectivity index (χ1n) is 7.46. The van der Waals surface area contributed by atoms with E-state index >= 15 is 0 Å². The number of nitrogens with zero attached hydrogens (tertiary/aromatic N) is 1. The molecule has 5 heteroatoms. The number of rotatable bonds is 2. The van der Waals surface area contributed by atoms with Gasteiger partial charge in [0, 0.05) is 11.6 Å². The molecule has 3 N–H and O–H groups in total. The number of phenolic OH excluding ortho intramolecular Hbond substituents is 2. The monoisotopic (exact) mass is 318 g/mol. The van der Waals surface area contributed by atoms with Crippen LogP contribution >= 0.6 is 0 Å². The van der Waals surface area contributed by atoms with Crippen LogP contribution in [0.15, 0.2) is 71.5 Å². The molecule has 1 aromatic heterocycles. The zero-order valence-corrected chi connectivity index (χ0v) is 12.6. The summed E-state index contributed by atoms with van der Waals surface area (Å²) in [4.78, 5) is 15.1. The van der Waals surface area contributed by atoms with Gasteiger partial charge in [-0.05, 0) is 23.8 Å². The molecular formula is C19H14N2O3. The van der Waals surface area contributed by atoms with Gasteiger partial charge in [0.25, 0.3) is 0 Å². The van der Waals surface area contributed by atoms with Gasteiger partial charge in [-0.25, -0.2) is 4.79 Å². The van der Waals surface area contributed by atoms with Crippen LogP contribution in [0.1, 0.15) is 0 Å². The average Bonchev–Trinajstić information content (AvgIpc) is 2.92. The van der Waals surface area contributed by atoms with Crippen LogP contribution in [0.2, 0.25) is 0 Å². The fraction of sp³-hybridized carbons (Fsp3) is 0. The van der Waals surface area contributed by atoms with Crippen molar-refractivity contribution in [3.8, 4) is 28.3 Å². The quantitative estimate of drug-likeness (QED) is 0.530. The summed E-state index contributed by atoms with van der Waals surface area (Å²) in [6.45, 7) is 0. The minimum Gasteiger partial charge on any atom is -0.507 e. The molecule has 118 valence electrons. The number of benzene rings is 3. The molecule has 0 aliphatic heterocycles. The van der Waals surface area contributed by atoms with Crippen molar-refractivity contribution in [2.75, 3.05) is 0 Å². The first-order valence-corrected chi connectivity index (χ1v) is 7.46. The Balaban J connectivity index is 2.02. The Morgan fingerprint density at radius 1 is 0.833 bits per heavy atom. The molecule has 3 aromatic carbocycles. The number of H-pyrrole nitrogens is 1. The van der Waals surface area contributed by atoms with Crippen LogP contribution in [0.3, 0.4) is 0 Å². The molecule has 5 nitrogen and oxygen atoms in total. The maximum absolute atomic E-state index is 12.4. The van der Waals surface area contributed by atoms with Crippen molar-refractivity contribution in [3.63, 3.8) is 0 Å². The maximum atomic E-state index is 12.4. The number of nitrogens with one attached hydrogen (secondary N) is 1. The van der Waals surface area contributed by atoms with Gasteiger partial charge in [0.15, 0.2) is 0 Å². The Morgan fingerprint density at radius 3 is 2.33 bits per heavy atom. The molecular weight excluding hydrogens is 304 g/mol. The lowest BCUT2D eigenvalue weighted by Crippen LogP contribution is -2.14. The highest BCUT2D eigenvalue weighted by Gasteiger charge is 2.16. The number of aromatic hydroxyl groups is 2. The average molecular weight is 318 g/mol. The Hall–Kier alpha value is -3.47. The predicted molar refractivity (Wildman–Crippen MR) is 92.7 cm³/mol. The molecule has 4 rings (SSSR count). The van der Waals surface area contributed by atoms with Crippen LogP contribution in [0, 0.1) is 0 Å². The van der Waals surface area contributed by atoms with Crippen molar-refractivity contribution in [3.05, 3.63) is 77.2 Å². The minimum absolute atomic E-state index is 0.0460. The number of aromatic amines is 1. The van der Waals surface area contributed by atoms with E-state index in [2.05, 4.69) is 4.98 Å². The highest BCUT2D eigenvalue weighted by Crippen LogP contribution is 2.36. The summed E-state index contributed by atoms with van der Waals surface area (Å²) in [5.74, 6) is -0.214. The summed E-state index contributed by atoms with van der Waals surface area (Å²) in [5, 5.41) is 20.5. The van der Waals surface area contributed by atoms with Crippen LogP contribution in [-0.2, 0) is 0 Å². The van der Waals surface area contributed by atoms with E-state index in [9.17, 15) is 15.0 Å². The van der Waals surface area contributed by atoms with E-state index < -0.39 is 0 Å². The number of phenols is 2. The molecule has 0 unspecified atom stereocenters. The van der Waals surface area contributed by atoms with E-state index in [1.54, 1.807) is 18.2 Å². The standard InChI is InChI=1S/C19H14N2O3/c22-17-11-18(23)16(10-13(17)12-6-2-1-3-7-12)21-15-9-5-4-8-14(15)20-19(21)24/h1-11,22-23H,(H,20,24). The van der Waals surface area contributed by atoms with Gasteiger partial charge in [0.1, 0.15) is 11.5 Å². The summed E-state index contributed by atoms with van der Waals surface area (Å²) in [6, 6.07) is 19.4. The third kappa shape index (κ3) is 2.14. The van der Waals surface area contributed by atoms with Crippen molar-refractivity contribution in [2.24, 2.45) is 0 Å². The van der Waals surface area contributed by atoms with Crippen molar-refractivity contribution in [2.45, 2.75) is 0 Å². The SMILES string of the molecule is O=c1[nH]c2ccccc2n1-c1cc(-c2ccccc2)c(O)cc1O. The lowest BCUT2D eigenvalue weighted by molar-refractivity contribution is 0.450. The Morgan fingerprint density at radius 2 is 1.54 bits per heavy atom. The summed E-state index contributed by atoms with van der Waals surface area (Å²) in [7, 11) is 0. The fourth-order valence-corrected chi connectivity index (χ4v) is 2.89. The van der Waals surface area contributed by atoms with Gasteiger partial charge in [0.2, 0.25) is 0 Å². The zero-order valence-electron chi connectivity index (χ0n) is 12.6. The predicted octanol–water partition coefficient (Wildman–Crippen LogP) is 3.40. The molecule has 0 atom stereocenters. The van der Waals surface area contributed by atoms with Crippen LogP contribution in [0.25, 0.3) is 27.8 Å². The lowest BCUT2D eigenvalue weighted by atomic mass is 10.0. The Kier molecular flexibility index (Phi) is 3.13. The third-order valence-corrected chi connectivity index (χ3v) is 4.01. The lowest BCUT2D eigenvalue weighted by Gasteiger charge is -2.11. The molecule has 0 saturated heterocycles. The summed E-state index contributed by atoms with van der Waals surface area (Å²) in [5.41, 5.74) is 2.63. The van der Waals surface area contributed by atoms with Gasteiger partial charge in [-0.1, -0.05) is 42.5 Å². The van der Waals surface area contributed by atoms with Crippen molar-refractivity contribution >= 4 is 11.0 Å². The van der Waals surface area contributed by atoms with E-state index in [0.717, 1.165) is 5.56 Å². The van der Waals surface area contributed by atoms with Crippen LogP contribution in [0.4, 0.5) is 0 Å². The largest absolute Gasteiger partial charge is 0.507 e. The number of hydrogen-bond acceptors (Lipinski definition) is 3. The van der Waals surface area contributed by atoms with Crippen LogP contribution in [-0.4, -0.2) is 19.8 Å². The fourth-order valence-electron chi connectivity index (χ4n) is 2.89. The molecule has 24 heavy (non-hydrogen) atoms. The maximum Gasteiger partial charge on any atom is 0.331 e. The topological polar surface area (TPSA) is 78.2 Å². The summed E-state index contributed by atoms with van der Waals surface area (Å²) >= 11 is 0. The van der Waals surface area contributed by atoms with Gasteiger partial charge in [0.05, 0.1) is 16.7 Å². The van der Waals surface area contributed by atoms with E-state index in [0.29, 0.717) is 22.3 Å². The highest BCUT2D eigenvalue weighted by molar-refractivity contribution is 5.80. The third-order valence-electron chi connectivity index (χ3n) is 4.01. The van der Waals surface area contributed by atoms with Gasteiger partial charge in [-0.15, -0.1) is 0 Å². The number of imidazole rings is 1. The zero-order chi connectivity index (χ0) is 16.7. The molecule has 0 aliphatic rings. The van der Waals surface area contributed by atoms with Gasteiger partial charge < -0.3 is 15.2 Å². The number of aromatic nitrogens is 2. The van der Waals surface area contributed by atoms with E-state index in [4.69, 9.17) is 0 Å². The molecule has 0 spiro atoms. The summed E-state index contributed by atoms with van der Waals surface area (Å²) < 4.78 is 1.40. The number of fused-ring (bicyclic) bond motifs is 1. The van der Waals surface area contributed by atoms with Crippen molar-refractivity contribution < 1.29 is 10.2 Å². The minimum atomic E-state index is -0.351. The molecule has 4 aromatic rings. The molecule has 0 amide bonds. The Bertz CT molecular complexity index is 1090. The summed E-state index contributed by atoms with van der Waals surface area (Å²) in [6.07, 6.45) is 0. The Labute approximate surface area is 137 Å².